The summed E-state index contributed by atoms with van der Waals surface area (Å²) < 4.78 is 0. The van der Waals surface area contributed by atoms with Gasteiger partial charge in [0.25, 0.3) is 0 Å². The topological polar surface area (TPSA) is 38.0 Å². The number of hydrogen-bond donors (Lipinski definition) is 2. The Hall–Kier alpha value is -0.0800. The first kappa shape index (κ1) is 9.01. The molecule has 0 aromatic heterocycles. The minimum absolute atomic E-state index is 0.457. The molecule has 1 saturated carbocycles. The molecule has 2 unspecified atom stereocenters. The van der Waals surface area contributed by atoms with Gasteiger partial charge in [-0.25, -0.2) is 0 Å². The van der Waals surface area contributed by atoms with Crippen LogP contribution in [0, 0.1) is 0 Å². The van der Waals surface area contributed by atoms with E-state index in [2.05, 4.69) is 12.2 Å². The molecule has 0 aliphatic heterocycles. The van der Waals surface area contributed by atoms with Gasteiger partial charge in [0, 0.05) is 12.1 Å². The van der Waals surface area contributed by atoms with Crippen molar-refractivity contribution in [3.8, 4) is 0 Å². The maximum Gasteiger partial charge on any atom is 0.00817 e. The zero-order valence-electron chi connectivity index (χ0n) is 7.47. The monoisotopic (exact) mass is 156 g/mol. The first-order valence-electron chi connectivity index (χ1n) is 4.82. The third kappa shape index (κ3) is 3.21. The van der Waals surface area contributed by atoms with Gasteiger partial charge in [-0.2, -0.15) is 0 Å². The van der Waals surface area contributed by atoms with Crippen molar-refractivity contribution in [1.82, 2.24) is 5.32 Å². The quantitative estimate of drug-likeness (QED) is 0.645. The Morgan fingerprint density at radius 3 is 2.91 bits per heavy atom. The summed E-state index contributed by atoms with van der Waals surface area (Å²) in [6.07, 6.45) is 6.27. The number of rotatable bonds is 3. The molecule has 2 nitrogen and oxygen atoms in total. The van der Waals surface area contributed by atoms with Gasteiger partial charge >= 0.3 is 0 Å². The Labute approximate surface area is 69.5 Å². The van der Waals surface area contributed by atoms with Gasteiger partial charge in [-0.1, -0.05) is 13.3 Å². The van der Waals surface area contributed by atoms with Crippen molar-refractivity contribution in [3.63, 3.8) is 0 Å². The van der Waals surface area contributed by atoms with Gasteiger partial charge in [0.2, 0.25) is 0 Å². The predicted molar refractivity (Wildman–Crippen MR) is 48.5 cm³/mol. The van der Waals surface area contributed by atoms with Crippen LogP contribution in [0.3, 0.4) is 0 Å². The second-order valence-electron chi connectivity index (χ2n) is 3.58. The molecule has 2 heteroatoms. The molecule has 1 aliphatic carbocycles. The van der Waals surface area contributed by atoms with E-state index in [1.807, 2.05) is 0 Å². The molecule has 3 N–H and O–H groups in total. The van der Waals surface area contributed by atoms with Gasteiger partial charge in [0.1, 0.15) is 0 Å². The number of nitrogens with one attached hydrogen (secondary N) is 1. The normalized spacial score (nSPS) is 32.2. The third-order valence-electron chi connectivity index (χ3n) is 2.40. The van der Waals surface area contributed by atoms with Gasteiger partial charge in [0.15, 0.2) is 0 Å². The Morgan fingerprint density at radius 1 is 1.45 bits per heavy atom. The summed E-state index contributed by atoms with van der Waals surface area (Å²) in [5, 5.41) is 3.52. The summed E-state index contributed by atoms with van der Waals surface area (Å²) in [5.41, 5.74) is 5.86. The van der Waals surface area contributed by atoms with E-state index in [1.165, 1.54) is 32.1 Å². The molecule has 1 fully saturated rings. The molecule has 0 aromatic rings. The highest BCUT2D eigenvalue weighted by molar-refractivity contribution is 4.79. The molecule has 2 atom stereocenters. The summed E-state index contributed by atoms with van der Waals surface area (Å²) >= 11 is 0. The van der Waals surface area contributed by atoms with Crippen LogP contribution >= 0.6 is 0 Å². The molecule has 1 rings (SSSR count). The molecule has 66 valence electrons. The van der Waals surface area contributed by atoms with Gasteiger partial charge < -0.3 is 11.1 Å². The van der Waals surface area contributed by atoms with Crippen LogP contribution in [0.2, 0.25) is 0 Å². The molecule has 11 heavy (non-hydrogen) atoms. The maximum atomic E-state index is 5.86. The molecular formula is C9H20N2. The summed E-state index contributed by atoms with van der Waals surface area (Å²) in [6, 6.07) is 1.16. The van der Waals surface area contributed by atoms with E-state index in [9.17, 15) is 0 Å². The van der Waals surface area contributed by atoms with E-state index in [-0.39, 0.29) is 0 Å². The van der Waals surface area contributed by atoms with Crippen molar-refractivity contribution in [2.45, 2.75) is 51.1 Å². The summed E-state index contributed by atoms with van der Waals surface area (Å²) in [6.45, 7) is 3.35. The average Bonchev–Trinajstić information content (AvgIpc) is 2.01. The minimum Gasteiger partial charge on any atom is -0.328 e. The highest BCUT2D eigenvalue weighted by Crippen LogP contribution is 2.16. The highest BCUT2D eigenvalue weighted by Gasteiger charge is 2.17. The van der Waals surface area contributed by atoms with E-state index in [0.717, 1.165) is 6.54 Å². The molecule has 1 aliphatic rings. The minimum atomic E-state index is 0.457. The van der Waals surface area contributed by atoms with Crippen LogP contribution in [0.5, 0.6) is 0 Å². The molecule has 0 radical (unpaired) electrons. The molecule has 0 aromatic carbocycles. The van der Waals surface area contributed by atoms with Gasteiger partial charge in [-0.15, -0.1) is 0 Å². The summed E-state index contributed by atoms with van der Waals surface area (Å²) in [5.74, 6) is 0. The fraction of sp³-hybridized carbons (Fsp3) is 1.00. The second kappa shape index (κ2) is 4.73. The zero-order chi connectivity index (χ0) is 8.10. The Bertz CT molecular complexity index is 104. The lowest BCUT2D eigenvalue weighted by Gasteiger charge is -2.27. The summed E-state index contributed by atoms with van der Waals surface area (Å²) in [7, 11) is 0. The molecule has 0 saturated heterocycles. The molecule has 0 bridgehead atoms. The van der Waals surface area contributed by atoms with E-state index >= 15 is 0 Å². The fourth-order valence-electron chi connectivity index (χ4n) is 1.76. The van der Waals surface area contributed by atoms with Gasteiger partial charge in [-0.3, -0.25) is 0 Å². The van der Waals surface area contributed by atoms with E-state index in [0.29, 0.717) is 12.1 Å². The smallest absolute Gasteiger partial charge is 0.00817 e. The molecule has 0 heterocycles. The van der Waals surface area contributed by atoms with E-state index in [4.69, 9.17) is 5.73 Å². The largest absolute Gasteiger partial charge is 0.328 e. The molecule has 0 spiro atoms. The highest BCUT2D eigenvalue weighted by atomic mass is 14.9. The van der Waals surface area contributed by atoms with Crippen LogP contribution in [0.1, 0.15) is 39.0 Å². The fourth-order valence-corrected chi connectivity index (χ4v) is 1.76. The second-order valence-corrected chi connectivity index (χ2v) is 3.58. The van der Waals surface area contributed by atoms with Crippen LogP contribution in [0.4, 0.5) is 0 Å². The summed E-state index contributed by atoms with van der Waals surface area (Å²) in [4.78, 5) is 0. The van der Waals surface area contributed by atoms with Gasteiger partial charge in [-0.05, 0) is 32.2 Å². The average molecular weight is 156 g/mol. The van der Waals surface area contributed by atoms with Crippen molar-refractivity contribution < 1.29 is 0 Å². The number of nitrogens with two attached hydrogens (primary N) is 1. The number of hydrogen-bond acceptors (Lipinski definition) is 2. The lowest BCUT2D eigenvalue weighted by Crippen LogP contribution is -2.39. The van der Waals surface area contributed by atoms with Crippen LogP contribution < -0.4 is 11.1 Å². The third-order valence-corrected chi connectivity index (χ3v) is 2.40. The van der Waals surface area contributed by atoms with Crippen molar-refractivity contribution in [3.05, 3.63) is 0 Å². The van der Waals surface area contributed by atoms with Crippen molar-refractivity contribution in [2.75, 3.05) is 6.54 Å². The van der Waals surface area contributed by atoms with Crippen LogP contribution in [-0.2, 0) is 0 Å². The Balaban J connectivity index is 2.12. The maximum absolute atomic E-state index is 5.86. The van der Waals surface area contributed by atoms with Crippen LogP contribution in [0.15, 0.2) is 0 Å². The van der Waals surface area contributed by atoms with Crippen molar-refractivity contribution in [1.29, 1.82) is 0 Å². The lowest BCUT2D eigenvalue weighted by molar-refractivity contribution is 0.340. The Kier molecular flexibility index (Phi) is 3.87. The Morgan fingerprint density at radius 2 is 2.27 bits per heavy atom. The van der Waals surface area contributed by atoms with E-state index in [1.54, 1.807) is 0 Å². The predicted octanol–water partition coefficient (Wildman–Crippen LogP) is 1.26. The van der Waals surface area contributed by atoms with Crippen LogP contribution in [-0.4, -0.2) is 18.6 Å². The van der Waals surface area contributed by atoms with E-state index < -0.39 is 0 Å². The first-order chi connectivity index (χ1) is 5.33. The lowest BCUT2D eigenvalue weighted by atomic mass is 9.92. The van der Waals surface area contributed by atoms with Gasteiger partial charge in [0.05, 0.1) is 0 Å². The van der Waals surface area contributed by atoms with Crippen LogP contribution in [0.25, 0.3) is 0 Å². The standard InChI is InChI=1S/C9H20N2/c1-2-6-11-9-5-3-4-8(10)7-9/h8-9,11H,2-7,10H2,1H3. The zero-order valence-corrected chi connectivity index (χ0v) is 7.47. The molecular weight excluding hydrogens is 136 g/mol. The van der Waals surface area contributed by atoms with Crippen molar-refractivity contribution in [2.24, 2.45) is 5.73 Å². The SMILES string of the molecule is CCCNC1CCCC(N)C1. The first-order valence-corrected chi connectivity index (χ1v) is 4.82. The molecule has 0 amide bonds. The van der Waals surface area contributed by atoms with Crippen molar-refractivity contribution >= 4 is 0 Å².